The van der Waals surface area contributed by atoms with E-state index in [0.717, 1.165) is 27.3 Å². The van der Waals surface area contributed by atoms with Crippen LogP contribution in [0.25, 0.3) is 12.3 Å². The predicted octanol–water partition coefficient (Wildman–Crippen LogP) is 2.96. The van der Waals surface area contributed by atoms with E-state index < -0.39 is 0 Å². The van der Waals surface area contributed by atoms with Crippen LogP contribution in [0.3, 0.4) is 0 Å². The largest absolute Gasteiger partial charge is 0.506 e. The van der Waals surface area contributed by atoms with E-state index in [1.165, 1.54) is 6.07 Å². The number of benzene rings is 3. The normalized spacial score (nSPS) is 11.9. The van der Waals surface area contributed by atoms with Crippen molar-refractivity contribution in [1.29, 1.82) is 0 Å². The summed E-state index contributed by atoms with van der Waals surface area (Å²) >= 11 is 0. The van der Waals surface area contributed by atoms with E-state index in [1.54, 1.807) is 12.1 Å². The smallest absolute Gasteiger partial charge is 0.141 e. The average Bonchev–Trinajstić information content (AvgIpc) is 2.56. The fourth-order valence-corrected chi connectivity index (χ4v) is 2.69. The summed E-state index contributed by atoms with van der Waals surface area (Å²) in [4.78, 5) is 0. The topological polar surface area (TPSA) is 58.3 Å². The molecule has 3 aromatic rings. The number of hydrogen-bond acceptors (Lipinski definition) is 3. The van der Waals surface area contributed by atoms with Gasteiger partial charge in [-0.2, -0.15) is 0 Å². The van der Waals surface area contributed by atoms with E-state index in [2.05, 4.69) is 31.0 Å². The number of phenolic OH excluding ortho intramolecular Hbond substituents is 1. The van der Waals surface area contributed by atoms with Crippen molar-refractivity contribution in [2.24, 2.45) is 0 Å². The summed E-state index contributed by atoms with van der Waals surface area (Å²) in [7, 11) is 0. The molecule has 3 heteroatoms. The maximum Gasteiger partial charge on any atom is 0.141 e. The quantitative estimate of drug-likeness (QED) is 0.514. The summed E-state index contributed by atoms with van der Waals surface area (Å²) in [6, 6.07) is 21.1. The fourth-order valence-electron chi connectivity index (χ4n) is 2.69. The molecule has 0 saturated carbocycles. The number of anilines is 2. The third-order valence-corrected chi connectivity index (χ3v) is 3.98. The van der Waals surface area contributed by atoms with Crippen LogP contribution in [0.4, 0.5) is 11.4 Å². The molecular formula is C21H20N2O. The molecule has 3 nitrogen and oxygen atoms in total. The van der Waals surface area contributed by atoms with Gasteiger partial charge in [0, 0.05) is 22.5 Å². The maximum absolute atomic E-state index is 10.2. The van der Waals surface area contributed by atoms with E-state index in [-0.39, 0.29) is 5.75 Å². The molecule has 0 fully saturated rings. The highest BCUT2D eigenvalue weighted by Crippen LogP contribution is 2.28. The molecule has 0 aliphatic rings. The molecule has 0 unspecified atom stereocenters. The Bertz CT molecular complexity index is 993. The summed E-state index contributed by atoms with van der Waals surface area (Å²) in [5, 5.41) is 15.5. The summed E-state index contributed by atoms with van der Waals surface area (Å²) in [5.41, 5.74) is 9.95. The van der Waals surface area contributed by atoms with Crippen LogP contribution in [-0.2, 0) is 0 Å². The number of nitrogen functional groups attached to an aromatic ring is 1. The summed E-state index contributed by atoms with van der Waals surface area (Å²) in [6.07, 6.45) is 0. The molecular weight excluding hydrogens is 296 g/mol. The third-order valence-electron chi connectivity index (χ3n) is 3.98. The minimum atomic E-state index is 0.114. The standard InChI is InChI=1S/C21H20N2O/c1-14-7-3-5-9-17(14)21(18-10-6-4-8-15(18)2)23-19-12-11-16(22)13-20(19)24/h3-13,23-24H,1,22H2,2H3/b21-17+. The molecule has 0 bridgehead atoms. The van der Waals surface area contributed by atoms with Crippen molar-refractivity contribution in [1.82, 2.24) is 0 Å². The number of rotatable bonds is 3. The number of nitrogens with two attached hydrogens (primary N) is 1. The molecule has 0 heterocycles. The predicted molar refractivity (Wildman–Crippen MR) is 101 cm³/mol. The molecule has 0 atom stereocenters. The zero-order valence-electron chi connectivity index (χ0n) is 13.6. The minimum absolute atomic E-state index is 0.114. The van der Waals surface area contributed by atoms with Crippen LogP contribution < -0.4 is 21.5 Å². The maximum atomic E-state index is 10.2. The summed E-state index contributed by atoms with van der Waals surface area (Å²) in [6.45, 7) is 6.19. The Hall–Kier alpha value is -3.20. The molecule has 0 aromatic heterocycles. The Morgan fingerprint density at radius 1 is 1.00 bits per heavy atom. The summed E-state index contributed by atoms with van der Waals surface area (Å²) in [5.74, 6) is 0.114. The van der Waals surface area contributed by atoms with Gasteiger partial charge in [0.1, 0.15) is 5.75 Å². The highest BCUT2D eigenvalue weighted by Gasteiger charge is 2.09. The van der Waals surface area contributed by atoms with Gasteiger partial charge in [-0.25, -0.2) is 0 Å². The number of aromatic hydroxyl groups is 1. The molecule has 120 valence electrons. The van der Waals surface area contributed by atoms with Crippen LogP contribution in [0.15, 0.2) is 66.7 Å². The molecule has 0 radical (unpaired) electrons. The van der Waals surface area contributed by atoms with Crippen LogP contribution in [0.5, 0.6) is 5.75 Å². The zero-order valence-corrected chi connectivity index (χ0v) is 13.6. The molecule has 3 rings (SSSR count). The lowest BCUT2D eigenvalue weighted by atomic mass is 10.0. The SMILES string of the molecule is C=c1cccc/c1=C(\Nc1ccc(N)cc1O)c1ccccc1C. The second kappa shape index (κ2) is 6.50. The Labute approximate surface area is 141 Å². The molecule has 0 aliphatic carbocycles. The van der Waals surface area contributed by atoms with Gasteiger partial charge in [-0.05, 0) is 29.8 Å². The molecule has 0 aliphatic heterocycles. The van der Waals surface area contributed by atoms with Crippen LogP contribution >= 0.6 is 0 Å². The van der Waals surface area contributed by atoms with Crippen molar-refractivity contribution in [3.63, 3.8) is 0 Å². The Kier molecular flexibility index (Phi) is 4.25. The minimum Gasteiger partial charge on any atom is -0.506 e. The van der Waals surface area contributed by atoms with Gasteiger partial charge in [0.15, 0.2) is 0 Å². The molecule has 24 heavy (non-hydrogen) atoms. The molecule has 0 saturated heterocycles. The van der Waals surface area contributed by atoms with Crippen LogP contribution in [0, 0.1) is 6.92 Å². The average molecular weight is 316 g/mol. The molecule has 0 amide bonds. The van der Waals surface area contributed by atoms with Crippen LogP contribution in [0.1, 0.15) is 11.1 Å². The van der Waals surface area contributed by atoms with E-state index >= 15 is 0 Å². The van der Waals surface area contributed by atoms with Gasteiger partial charge in [-0.1, -0.05) is 55.1 Å². The van der Waals surface area contributed by atoms with Gasteiger partial charge >= 0.3 is 0 Å². The Morgan fingerprint density at radius 2 is 1.71 bits per heavy atom. The lowest BCUT2D eigenvalue weighted by molar-refractivity contribution is 0.478. The van der Waals surface area contributed by atoms with Gasteiger partial charge in [0.25, 0.3) is 0 Å². The highest BCUT2D eigenvalue weighted by molar-refractivity contribution is 5.81. The van der Waals surface area contributed by atoms with Crippen molar-refractivity contribution in [3.05, 3.63) is 88.3 Å². The first-order valence-electron chi connectivity index (χ1n) is 7.76. The Balaban J connectivity index is 2.25. The monoisotopic (exact) mass is 316 g/mol. The van der Waals surface area contributed by atoms with Gasteiger partial charge in [0.2, 0.25) is 0 Å². The second-order valence-corrected chi connectivity index (χ2v) is 5.75. The molecule has 4 N–H and O–H groups in total. The first-order valence-corrected chi connectivity index (χ1v) is 7.76. The van der Waals surface area contributed by atoms with Crippen molar-refractivity contribution in [3.8, 4) is 5.75 Å². The van der Waals surface area contributed by atoms with Gasteiger partial charge in [-0.15, -0.1) is 0 Å². The third kappa shape index (κ3) is 3.10. The first-order chi connectivity index (χ1) is 11.6. The van der Waals surface area contributed by atoms with E-state index in [4.69, 9.17) is 5.73 Å². The van der Waals surface area contributed by atoms with Crippen molar-refractivity contribution in [2.75, 3.05) is 11.1 Å². The van der Waals surface area contributed by atoms with Gasteiger partial charge < -0.3 is 16.2 Å². The highest BCUT2D eigenvalue weighted by atomic mass is 16.3. The lowest BCUT2D eigenvalue weighted by Crippen LogP contribution is -2.28. The van der Waals surface area contributed by atoms with Crippen molar-refractivity contribution in [2.45, 2.75) is 6.92 Å². The van der Waals surface area contributed by atoms with Gasteiger partial charge in [-0.3, -0.25) is 0 Å². The van der Waals surface area contributed by atoms with E-state index in [9.17, 15) is 5.11 Å². The molecule has 3 aromatic carbocycles. The lowest BCUT2D eigenvalue weighted by Gasteiger charge is -2.15. The fraction of sp³-hybridized carbons (Fsp3) is 0.0476. The number of nitrogens with one attached hydrogen (secondary N) is 1. The number of phenols is 1. The second-order valence-electron chi connectivity index (χ2n) is 5.75. The van der Waals surface area contributed by atoms with E-state index in [0.29, 0.717) is 11.4 Å². The first kappa shape index (κ1) is 15.7. The molecule has 0 spiro atoms. The Morgan fingerprint density at radius 3 is 2.42 bits per heavy atom. The summed E-state index contributed by atoms with van der Waals surface area (Å²) < 4.78 is 0. The van der Waals surface area contributed by atoms with Gasteiger partial charge in [0.05, 0.1) is 11.4 Å². The van der Waals surface area contributed by atoms with Crippen LogP contribution in [0.2, 0.25) is 0 Å². The van der Waals surface area contributed by atoms with Crippen LogP contribution in [-0.4, -0.2) is 5.11 Å². The van der Waals surface area contributed by atoms with E-state index in [1.807, 2.05) is 36.4 Å². The number of hydrogen-bond donors (Lipinski definition) is 3. The van der Waals surface area contributed by atoms with Crippen molar-refractivity contribution < 1.29 is 5.11 Å². The number of aryl methyl sites for hydroxylation is 1. The zero-order chi connectivity index (χ0) is 17.1. The van der Waals surface area contributed by atoms with Crippen molar-refractivity contribution >= 4 is 23.7 Å².